The SMILES string of the molecule is CCOC(=O)/C(=C\c1cccc(Cl)c1)C1=Nn2c(C)nnc2SC1. The number of aryl methyl sites for hydroxylation is 1. The van der Waals surface area contributed by atoms with E-state index >= 15 is 0 Å². The molecule has 0 fully saturated rings. The second-order valence-electron chi connectivity index (χ2n) is 5.01. The predicted molar refractivity (Wildman–Crippen MR) is 94.4 cm³/mol. The van der Waals surface area contributed by atoms with Crippen LogP contribution in [0.3, 0.4) is 0 Å². The van der Waals surface area contributed by atoms with Crippen molar-refractivity contribution in [3.63, 3.8) is 0 Å². The van der Waals surface area contributed by atoms with E-state index in [9.17, 15) is 4.79 Å². The Hall–Kier alpha value is -2.12. The van der Waals surface area contributed by atoms with E-state index < -0.39 is 5.97 Å². The van der Waals surface area contributed by atoms with Crippen molar-refractivity contribution in [2.75, 3.05) is 12.4 Å². The summed E-state index contributed by atoms with van der Waals surface area (Å²) in [4.78, 5) is 12.4. The first-order valence-corrected chi connectivity index (χ1v) is 8.72. The second kappa shape index (κ2) is 7.19. The number of ether oxygens (including phenoxy) is 1. The van der Waals surface area contributed by atoms with Crippen molar-refractivity contribution in [2.45, 2.75) is 19.0 Å². The van der Waals surface area contributed by atoms with E-state index in [-0.39, 0.29) is 0 Å². The molecule has 0 unspecified atom stereocenters. The number of carbonyl (C=O) groups excluding carboxylic acids is 1. The smallest absolute Gasteiger partial charge is 0.340 e. The van der Waals surface area contributed by atoms with E-state index in [1.165, 1.54) is 11.8 Å². The number of rotatable bonds is 4. The third kappa shape index (κ3) is 3.52. The largest absolute Gasteiger partial charge is 0.462 e. The number of benzene rings is 1. The molecule has 0 N–H and O–H groups in total. The molecule has 0 amide bonds. The van der Waals surface area contributed by atoms with Gasteiger partial charge in [0, 0.05) is 10.8 Å². The fourth-order valence-corrected chi connectivity index (χ4v) is 3.26. The molecule has 2 heterocycles. The van der Waals surface area contributed by atoms with Crippen LogP contribution in [0.4, 0.5) is 0 Å². The van der Waals surface area contributed by atoms with Gasteiger partial charge >= 0.3 is 5.97 Å². The number of hydrogen-bond donors (Lipinski definition) is 0. The molecule has 0 bridgehead atoms. The molecular formula is C16H15ClN4O2S. The van der Waals surface area contributed by atoms with Crippen LogP contribution in [0.15, 0.2) is 40.1 Å². The van der Waals surface area contributed by atoms with E-state index in [2.05, 4.69) is 15.3 Å². The Morgan fingerprint density at radius 3 is 3.04 bits per heavy atom. The number of halogens is 1. The first-order valence-electron chi connectivity index (χ1n) is 7.36. The molecule has 124 valence electrons. The predicted octanol–water partition coefficient (Wildman–Crippen LogP) is 3.20. The number of carbonyl (C=O) groups is 1. The van der Waals surface area contributed by atoms with Crippen LogP contribution in [-0.4, -0.2) is 38.9 Å². The lowest BCUT2D eigenvalue weighted by Crippen LogP contribution is -2.21. The molecule has 0 aliphatic carbocycles. The van der Waals surface area contributed by atoms with E-state index in [0.717, 1.165) is 5.56 Å². The molecule has 3 rings (SSSR count). The molecule has 0 atom stereocenters. The number of esters is 1. The molecule has 0 saturated heterocycles. The number of thioether (sulfide) groups is 1. The summed E-state index contributed by atoms with van der Waals surface area (Å²) in [6, 6.07) is 7.27. The summed E-state index contributed by atoms with van der Waals surface area (Å²) in [5.41, 5.74) is 1.84. The van der Waals surface area contributed by atoms with Gasteiger partial charge in [0.15, 0.2) is 5.82 Å². The molecule has 2 aromatic rings. The monoisotopic (exact) mass is 362 g/mol. The minimum atomic E-state index is -0.411. The van der Waals surface area contributed by atoms with Gasteiger partial charge in [0.05, 0.1) is 17.9 Å². The average molecular weight is 363 g/mol. The quantitative estimate of drug-likeness (QED) is 0.617. The second-order valence-corrected chi connectivity index (χ2v) is 6.39. The minimum absolute atomic E-state index is 0.295. The van der Waals surface area contributed by atoms with E-state index in [1.807, 2.05) is 19.1 Å². The van der Waals surface area contributed by atoms with Crippen LogP contribution in [-0.2, 0) is 9.53 Å². The van der Waals surface area contributed by atoms with Gasteiger partial charge < -0.3 is 4.74 Å². The van der Waals surface area contributed by atoms with Crippen LogP contribution in [0.5, 0.6) is 0 Å². The van der Waals surface area contributed by atoms with Gasteiger partial charge in [0.1, 0.15) is 0 Å². The first kappa shape index (κ1) is 16.7. The van der Waals surface area contributed by atoms with Crippen LogP contribution in [0.1, 0.15) is 18.3 Å². The summed E-state index contributed by atoms with van der Waals surface area (Å²) in [5, 5.41) is 13.9. The summed E-state index contributed by atoms with van der Waals surface area (Å²) in [7, 11) is 0. The van der Waals surface area contributed by atoms with Gasteiger partial charge in [-0.25, -0.2) is 4.79 Å². The third-order valence-electron chi connectivity index (χ3n) is 3.29. The lowest BCUT2D eigenvalue weighted by Gasteiger charge is -2.15. The van der Waals surface area contributed by atoms with Crippen molar-refractivity contribution in [2.24, 2.45) is 5.10 Å². The van der Waals surface area contributed by atoms with Gasteiger partial charge in [-0.05, 0) is 37.6 Å². The van der Waals surface area contributed by atoms with Crippen LogP contribution < -0.4 is 0 Å². The summed E-state index contributed by atoms with van der Waals surface area (Å²) in [6.07, 6.45) is 1.74. The topological polar surface area (TPSA) is 69.4 Å². The Morgan fingerprint density at radius 2 is 2.29 bits per heavy atom. The fraction of sp³-hybridized carbons (Fsp3) is 0.250. The molecule has 1 aliphatic rings. The Kier molecular flexibility index (Phi) is 5.01. The number of fused-ring (bicyclic) bond motifs is 1. The molecular weight excluding hydrogens is 348 g/mol. The summed E-state index contributed by atoms with van der Waals surface area (Å²) in [5.74, 6) is 0.773. The van der Waals surface area contributed by atoms with Gasteiger partial charge in [0.2, 0.25) is 5.16 Å². The highest BCUT2D eigenvalue weighted by atomic mass is 35.5. The minimum Gasteiger partial charge on any atom is -0.462 e. The van der Waals surface area contributed by atoms with Crippen LogP contribution in [0, 0.1) is 6.92 Å². The third-order valence-corrected chi connectivity index (χ3v) is 4.46. The van der Waals surface area contributed by atoms with Crippen molar-refractivity contribution in [1.29, 1.82) is 0 Å². The van der Waals surface area contributed by atoms with Crippen LogP contribution in [0.25, 0.3) is 6.08 Å². The Labute approximate surface area is 148 Å². The zero-order valence-corrected chi connectivity index (χ0v) is 14.8. The molecule has 8 heteroatoms. The molecule has 6 nitrogen and oxygen atoms in total. The normalized spacial score (nSPS) is 14.1. The fourth-order valence-electron chi connectivity index (χ4n) is 2.19. The summed E-state index contributed by atoms with van der Waals surface area (Å²) < 4.78 is 6.82. The lowest BCUT2D eigenvalue weighted by atomic mass is 10.1. The highest BCUT2D eigenvalue weighted by Gasteiger charge is 2.24. The van der Waals surface area contributed by atoms with Crippen molar-refractivity contribution in [3.8, 4) is 0 Å². The molecule has 1 aliphatic heterocycles. The van der Waals surface area contributed by atoms with Gasteiger partial charge in [-0.1, -0.05) is 35.5 Å². The highest BCUT2D eigenvalue weighted by molar-refractivity contribution is 7.99. The zero-order chi connectivity index (χ0) is 17.1. The van der Waals surface area contributed by atoms with Gasteiger partial charge in [-0.15, -0.1) is 10.2 Å². The van der Waals surface area contributed by atoms with E-state index in [4.69, 9.17) is 16.3 Å². The number of nitrogens with zero attached hydrogens (tertiary/aromatic N) is 4. The Balaban J connectivity index is 2.04. The molecule has 1 aromatic carbocycles. The number of hydrogen-bond acceptors (Lipinski definition) is 6. The van der Waals surface area contributed by atoms with Crippen LogP contribution in [0.2, 0.25) is 5.02 Å². The molecule has 24 heavy (non-hydrogen) atoms. The highest BCUT2D eigenvalue weighted by Crippen LogP contribution is 2.25. The molecule has 0 saturated carbocycles. The molecule has 1 aromatic heterocycles. The zero-order valence-electron chi connectivity index (χ0n) is 13.2. The maximum atomic E-state index is 12.4. The first-order chi connectivity index (χ1) is 11.6. The molecule has 0 spiro atoms. The Morgan fingerprint density at radius 1 is 1.46 bits per heavy atom. The molecule has 0 radical (unpaired) electrons. The van der Waals surface area contributed by atoms with E-state index in [1.54, 1.807) is 29.8 Å². The van der Waals surface area contributed by atoms with Crippen molar-refractivity contribution < 1.29 is 9.53 Å². The van der Waals surface area contributed by atoms with Gasteiger partial charge in [0.25, 0.3) is 0 Å². The summed E-state index contributed by atoms with van der Waals surface area (Å²) >= 11 is 7.51. The van der Waals surface area contributed by atoms with E-state index in [0.29, 0.717) is 39.6 Å². The van der Waals surface area contributed by atoms with Crippen molar-refractivity contribution in [1.82, 2.24) is 14.9 Å². The summed E-state index contributed by atoms with van der Waals surface area (Å²) in [6.45, 7) is 3.88. The van der Waals surface area contributed by atoms with Gasteiger partial charge in [-0.2, -0.15) is 9.78 Å². The number of aromatic nitrogens is 3. The average Bonchev–Trinajstić information content (AvgIpc) is 2.94. The maximum Gasteiger partial charge on any atom is 0.340 e. The van der Waals surface area contributed by atoms with Crippen molar-refractivity contribution in [3.05, 3.63) is 46.2 Å². The van der Waals surface area contributed by atoms with Crippen LogP contribution >= 0.6 is 23.4 Å². The Bertz CT molecular complexity index is 844. The van der Waals surface area contributed by atoms with Crippen molar-refractivity contribution >= 4 is 41.1 Å². The van der Waals surface area contributed by atoms with Gasteiger partial charge in [-0.3, -0.25) is 0 Å². The lowest BCUT2D eigenvalue weighted by molar-refractivity contribution is -0.137. The maximum absolute atomic E-state index is 12.4. The standard InChI is InChI=1S/C16H15ClN4O2S/c1-3-23-15(22)13(8-11-5-4-6-12(17)7-11)14-9-24-16-19-18-10(2)21(16)20-14/h4-8H,3,9H2,1-2H3/b13-8-.